The molecule has 4 nitrogen and oxygen atoms in total. The van der Waals surface area contributed by atoms with E-state index in [1.165, 1.54) is 23.8 Å². The lowest BCUT2D eigenvalue weighted by molar-refractivity contribution is 0.419. The Labute approximate surface area is 113 Å². The first-order valence-corrected chi connectivity index (χ1v) is 5.89. The molecule has 1 heterocycles. The minimum absolute atomic E-state index is 0.0123. The van der Waals surface area contributed by atoms with Gasteiger partial charge in [0.2, 0.25) is 5.95 Å². The summed E-state index contributed by atoms with van der Waals surface area (Å²) in [6.07, 6.45) is 0. The fourth-order valence-corrected chi connectivity index (χ4v) is 2.17. The lowest BCUT2D eigenvalue weighted by Gasteiger charge is -2.08. The highest BCUT2D eigenvalue weighted by Crippen LogP contribution is 2.30. The Kier molecular flexibility index (Phi) is 2.78. The van der Waals surface area contributed by atoms with Crippen molar-refractivity contribution in [2.75, 3.05) is 12.8 Å². The number of fused-ring (bicyclic) bond motifs is 1. The molecule has 0 bridgehead atoms. The van der Waals surface area contributed by atoms with Crippen LogP contribution >= 0.6 is 0 Å². The van der Waals surface area contributed by atoms with Crippen LogP contribution in [-0.2, 0) is 0 Å². The van der Waals surface area contributed by atoms with Crippen molar-refractivity contribution in [2.45, 2.75) is 0 Å². The number of benzene rings is 2. The molecule has 0 aliphatic rings. The summed E-state index contributed by atoms with van der Waals surface area (Å²) in [6, 6.07) is 9.08. The summed E-state index contributed by atoms with van der Waals surface area (Å²) in [7, 11) is 1.51. The molecule has 102 valence electrons. The number of nitrogens with two attached hydrogens (primary N) is 1. The summed E-state index contributed by atoms with van der Waals surface area (Å²) in [6.45, 7) is 0. The Hall–Kier alpha value is -2.63. The Morgan fingerprint density at radius 3 is 2.65 bits per heavy atom. The van der Waals surface area contributed by atoms with Crippen LogP contribution < -0.4 is 10.5 Å². The van der Waals surface area contributed by atoms with Crippen LogP contribution in [0.5, 0.6) is 5.75 Å². The number of aromatic nitrogens is 2. The third-order valence-corrected chi connectivity index (χ3v) is 3.07. The first kappa shape index (κ1) is 12.4. The molecule has 0 saturated heterocycles. The fourth-order valence-electron chi connectivity index (χ4n) is 2.17. The van der Waals surface area contributed by atoms with E-state index in [2.05, 4.69) is 4.98 Å². The van der Waals surface area contributed by atoms with Crippen molar-refractivity contribution in [3.05, 3.63) is 48.0 Å². The zero-order chi connectivity index (χ0) is 14.3. The van der Waals surface area contributed by atoms with E-state index in [1.54, 1.807) is 18.2 Å². The van der Waals surface area contributed by atoms with E-state index in [9.17, 15) is 8.78 Å². The minimum atomic E-state index is -0.971. The summed E-state index contributed by atoms with van der Waals surface area (Å²) in [5, 5.41) is 0. The van der Waals surface area contributed by atoms with Gasteiger partial charge < -0.3 is 10.5 Å². The van der Waals surface area contributed by atoms with Crippen LogP contribution in [0.3, 0.4) is 0 Å². The van der Waals surface area contributed by atoms with Crippen molar-refractivity contribution in [1.29, 1.82) is 0 Å². The van der Waals surface area contributed by atoms with Gasteiger partial charge in [0.25, 0.3) is 0 Å². The second-order valence-corrected chi connectivity index (χ2v) is 4.21. The molecular formula is C14H11F2N3O. The minimum Gasteiger partial charge on any atom is -0.494 e. The lowest BCUT2D eigenvalue weighted by Crippen LogP contribution is -2.04. The Bertz CT molecular complexity index is 798. The summed E-state index contributed by atoms with van der Waals surface area (Å²) < 4.78 is 33.9. The van der Waals surface area contributed by atoms with E-state index in [1.807, 2.05) is 0 Å². The largest absolute Gasteiger partial charge is 0.494 e. The molecule has 0 atom stereocenters. The molecule has 1 aromatic heterocycles. The highest BCUT2D eigenvalue weighted by atomic mass is 19.2. The summed E-state index contributed by atoms with van der Waals surface area (Å²) in [5.41, 5.74) is 6.89. The summed E-state index contributed by atoms with van der Waals surface area (Å²) >= 11 is 0. The highest BCUT2D eigenvalue weighted by Gasteiger charge is 2.17. The van der Waals surface area contributed by atoms with Crippen LogP contribution in [0.2, 0.25) is 0 Å². The van der Waals surface area contributed by atoms with Gasteiger partial charge in [0.05, 0.1) is 18.3 Å². The third-order valence-electron chi connectivity index (χ3n) is 3.07. The number of ether oxygens (including phenoxy) is 1. The smallest absolute Gasteiger partial charge is 0.206 e. The van der Waals surface area contributed by atoms with Gasteiger partial charge in [0, 0.05) is 0 Å². The number of anilines is 1. The zero-order valence-electron chi connectivity index (χ0n) is 10.6. The highest BCUT2D eigenvalue weighted by molar-refractivity contribution is 5.86. The van der Waals surface area contributed by atoms with E-state index in [0.29, 0.717) is 16.8 Å². The van der Waals surface area contributed by atoms with Gasteiger partial charge in [-0.1, -0.05) is 12.1 Å². The Morgan fingerprint density at radius 1 is 1.15 bits per heavy atom. The molecule has 0 unspecified atom stereocenters. The topological polar surface area (TPSA) is 53.1 Å². The number of methoxy groups -OCH3 is 1. The lowest BCUT2D eigenvalue weighted by atomic mass is 10.2. The number of imidazole rings is 1. The molecule has 6 heteroatoms. The Balaban J connectivity index is 2.37. The van der Waals surface area contributed by atoms with Crippen molar-refractivity contribution in [3.63, 3.8) is 0 Å². The molecule has 3 aromatic rings. The molecule has 0 spiro atoms. The van der Waals surface area contributed by atoms with Crippen molar-refractivity contribution in [1.82, 2.24) is 9.55 Å². The maximum absolute atomic E-state index is 13.9. The van der Waals surface area contributed by atoms with Crippen LogP contribution in [0.4, 0.5) is 14.7 Å². The number of nitrogens with zero attached hydrogens (tertiary/aromatic N) is 2. The second kappa shape index (κ2) is 4.48. The zero-order valence-corrected chi connectivity index (χ0v) is 10.6. The normalized spacial score (nSPS) is 10.9. The predicted molar refractivity (Wildman–Crippen MR) is 72.0 cm³/mol. The molecule has 2 aromatic carbocycles. The van der Waals surface area contributed by atoms with E-state index in [0.717, 1.165) is 6.07 Å². The summed E-state index contributed by atoms with van der Waals surface area (Å²) in [4.78, 5) is 4.16. The van der Waals surface area contributed by atoms with Crippen molar-refractivity contribution < 1.29 is 13.5 Å². The number of hydrogen-bond donors (Lipinski definition) is 1. The molecule has 0 radical (unpaired) electrons. The van der Waals surface area contributed by atoms with E-state index >= 15 is 0 Å². The van der Waals surface area contributed by atoms with Crippen LogP contribution in [0.15, 0.2) is 36.4 Å². The number of nitrogen functional groups attached to an aromatic ring is 1. The van der Waals surface area contributed by atoms with Crippen molar-refractivity contribution in [2.24, 2.45) is 0 Å². The van der Waals surface area contributed by atoms with Gasteiger partial charge in [-0.15, -0.1) is 0 Å². The molecule has 0 saturated carbocycles. The van der Waals surface area contributed by atoms with Gasteiger partial charge in [0.1, 0.15) is 11.3 Å². The first-order chi connectivity index (χ1) is 9.63. The molecule has 0 amide bonds. The molecule has 2 N–H and O–H groups in total. The maximum Gasteiger partial charge on any atom is 0.206 e. The molecule has 3 rings (SSSR count). The van der Waals surface area contributed by atoms with E-state index in [4.69, 9.17) is 10.5 Å². The van der Waals surface area contributed by atoms with Gasteiger partial charge in [-0.25, -0.2) is 13.8 Å². The van der Waals surface area contributed by atoms with Gasteiger partial charge >= 0.3 is 0 Å². The van der Waals surface area contributed by atoms with Crippen LogP contribution in [0.1, 0.15) is 0 Å². The van der Waals surface area contributed by atoms with Crippen LogP contribution in [0.25, 0.3) is 16.7 Å². The first-order valence-electron chi connectivity index (χ1n) is 5.89. The van der Waals surface area contributed by atoms with Gasteiger partial charge in [-0.3, -0.25) is 4.57 Å². The Morgan fingerprint density at radius 2 is 1.90 bits per heavy atom. The van der Waals surface area contributed by atoms with Crippen molar-refractivity contribution >= 4 is 17.0 Å². The molecular weight excluding hydrogens is 264 g/mol. The third kappa shape index (κ3) is 1.69. The number of halogens is 2. The number of para-hydroxylation sites is 1. The predicted octanol–water partition coefficient (Wildman–Crippen LogP) is 2.89. The fraction of sp³-hybridized carbons (Fsp3) is 0.0714. The molecule has 0 fully saturated rings. The average molecular weight is 275 g/mol. The van der Waals surface area contributed by atoms with Crippen LogP contribution in [0, 0.1) is 11.6 Å². The maximum atomic E-state index is 13.9. The molecule has 0 aliphatic carbocycles. The summed E-state index contributed by atoms with van der Waals surface area (Å²) in [5.74, 6) is -1.33. The quantitative estimate of drug-likeness (QED) is 0.782. The number of rotatable bonds is 2. The second-order valence-electron chi connectivity index (χ2n) is 4.21. The van der Waals surface area contributed by atoms with Gasteiger partial charge in [0.15, 0.2) is 11.6 Å². The SMILES string of the molecule is COc1cccc2c1nc(N)n2-c1cccc(F)c1F. The van der Waals surface area contributed by atoms with Gasteiger partial charge in [-0.05, 0) is 24.3 Å². The van der Waals surface area contributed by atoms with E-state index in [-0.39, 0.29) is 11.6 Å². The molecule has 0 aliphatic heterocycles. The number of hydrogen-bond acceptors (Lipinski definition) is 3. The average Bonchev–Trinajstić information content (AvgIpc) is 2.78. The van der Waals surface area contributed by atoms with Crippen molar-refractivity contribution in [3.8, 4) is 11.4 Å². The molecule has 20 heavy (non-hydrogen) atoms. The van der Waals surface area contributed by atoms with Gasteiger partial charge in [-0.2, -0.15) is 0 Å². The van der Waals surface area contributed by atoms with E-state index < -0.39 is 11.6 Å². The van der Waals surface area contributed by atoms with Crippen LogP contribution in [-0.4, -0.2) is 16.7 Å². The monoisotopic (exact) mass is 275 g/mol. The standard InChI is InChI=1S/C14H11F2N3O/c1-20-11-7-3-6-10-13(11)18-14(17)19(10)9-5-2-4-8(15)12(9)16/h2-7H,1H3,(H2,17,18).